The highest BCUT2D eigenvalue weighted by molar-refractivity contribution is 7.99. The highest BCUT2D eigenvalue weighted by atomic mass is 32.2. The topological polar surface area (TPSA) is 64.1 Å². The molecule has 1 aromatic rings. The molecule has 0 atom stereocenters. The molecule has 1 aliphatic rings. The van der Waals surface area contributed by atoms with Gasteiger partial charge in [-0.2, -0.15) is 0 Å². The van der Waals surface area contributed by atoms with Crippen molar-refractivity contribution in [2.24, 2.45) is 11.8 Å². The molecular formula is C15H23N3O2S. The molecular weight excluding hydrogens is 286 g/mol. The Morgan fingerprint density at radius 2 is 2.14 bits per heavy atom. The summed E-state index contributed by atoms with van der Waals surface area (Å²) < 4.78 is 4.61. The van der Waals surface area contributed by atoms with Gasteiger partial charge in [-0.3, -0.25) is 9.78 Å². The van der Waals surface area contributed by atoms with E-state index in [0.717, 1.165) is 29.2 Å². The second kappa shape index (κ2) is 8.22. The van der Waals surface area contributed by atoms with Crippen LogP contribution in [-0.2, 0) is 9.53 Å². The molecule has 5 nitrogen and oxygen atoms in total. The SMILES string of the molecule is COC(=O)CSc1cncc(NCC2CCC(C)CC2)n1. The molecule has 0 bridgehead atoms. The van der Waals surface area contributed by atoms with E-state index < -0.39 is 0 Å². The van der Waals surface area contributed by atoms with Crippen molar-refractivity contribution in [1.29, 1.82) is 0 Å². The van der Waals surface area contributed by atoms with Gasteiger partial charge in [0.25, 0.3) is 0 Å². The van der Waals surface area contributed by atoms with Gasteiger partial charge in [0.15, 0.2) is 0 Å². The van der Waals surface area contributed by atoms with Gasteiger partial charge in [0.05, 0.1) is 25.3 Å². The van der Waals surface area contributed by atoms with Crippen LogP contribution in [0.4, 0.5) is 5.82 Å². The van der Waals surface area contributed by atoms with Crippen molar-refractivity contribution in [3.63, 3.8) is 0 Å². The van der Waals surface area contributed by atoms with Gasteiger partial charge in [0.1, 0.15) is 10.8 Å². The number of carbonyl (C=O) groups excluding carboxylic acids is 1. The molecule has 1 heterocycles. The lowest BCUT2D eigenvalue weighted by molar-refractivity contribution is -0.137. The average molecular weight is 309 g/mol. The standard InChI is InChI=1S/C15H23N3O2S/c1-11-3-5-12(6-4-11)7-17-13-8-16-9-14(18-13)21-10-15(19)20-2/h8-9,11-12H,3-7,10H2,1-2H3,(H,17,18). The predicted octanol–water partition coefficient (Wildman–Crippen LogP) is 2.98. The number of esters is 1. The smallest absolute Gasteiger partial charge is 0.316 e. The van der Waals surface area contributed by atoms with Crippen LogP contribution in [0.3, 0.4) is 0 Å². The summed E-state index contributed by atoms with van der Waals surface area (Å²) >= 11 is 1.34. The van der Waals surface area contributed by atoms with E-state index in [-0.39, 0.29) is 11.7 Å². The van der Waals surface area contributed by atoms with Crippen molar-refractivity contribution >= 4 is 23.5 Å². The van der Waals surface area contributed by atoms with Crippen molar-refractivity contribution in [2.75, 3.05) is 24.7 Å². The zero-order valence-electron chi connectivity index (χ0n) is 12.7. The first-order valence-corrected chi connectivity index (χ1v) is 8.41. The van der Waals surface area contributed by atoms with Gasteiger partial charge in [-0.25, -0.2) is 4.98 Å². The number of nitrogens with one attached hydrogen (secondary N) is 1. The Bertz CT molecular complexity index is 462. The second-order valence-corrected chi connectivity index (χ2v) is 6.61. The quantitative estimate of drug-likeness (QED) is 0.644. The minimum Gasteiger partial charge on any atom is -0.468 e. The number of hydrogen-bond donors (Lipinski definition) is 1. The summed E-state index contributed by atoms with van der Waals surface area (Å²) in [4.78, 5) is 19.7. The van der Waals surface area contributed by atoms with Crippen LogP contribution in [0.1, 0.15) is 32.6 Å². The summed E-state index contributed by atoms with van der Waals surface area (Å²) in [5, 5.41) is 4.11. The van der Waals surface area contributed by atoms with Crippen molar-refractivity contribution in [3.8, 4) is 0 Å². The summed E-state index contributed by atoms with van der Waals surface area (Å²) in [5.74, 6) is 2.39. The maximum Gasteiger partial charge on any atom is 0.316 e. The Morgan fingerprint density at radius 3 is 2.86 bits per heavy atom. The Morgan fingerprint density at radius 1 is 1.38 bits per heavy atom. The fourth-order valence-corrected chi connectivity index (χ4v) is 3.16. The van der Waals surface area contributed by atoms with Crippen LogP contribution in [0.25, 0.3) is 0 Å². The van der Waals surface area contributed by atoms with Gasteiger partial charge in [-0.1, -0.05) is 31.5 Å². The van der Waals surface area contributed by atoms with Crippen LogP contribution in [0, 0.1) is 11.8 Å². The van der Waals surface area contributed by atoms with E-state index in [2.05, 4.69) is 26.9 Å². The van der Waals surface area contributed by atoms with E-state index >= 15 is 0 Å². The molecule has 0 amide bonds. The maximum absolute atomic E-state index is 11.1. The molecule has 0 radical (unpaired) electrons. The third kappa shape index (κ3) is 5.53. The number of nitrogens with zero attached hydrogens (tertiary/aromatic N) is 2. The van der Waals surface area contributed by atoms with Crippen molar-refractivity contribution in [1.82, 2.24) is 9.97 Å². The number of rotatable bonds is 6. The molecule has 1 aliphatic carbocycles. The Labute approximate surface area is 130 Å². The van der Waals surface area contributed by atoms with E-state index in [1.54, 1.807) is 12.4 Å². The Hall–Kier alpha value is -1.30. The molecule has 0 unspecified atom stereocenters. The van der Waals surface area contributed by atoms with E-state index in [0.29, 0.717) is 0 Å². The summed E-state index contributed by atoms with van der Waals surface area (Å²) in [5.41, 5.74) is 0. The lowest BCUT2D eigenvalue weighted by atomic mass is 9.83. The highest BCUT2D eigenvalue weighted by Gasteiger charge is 2.18. The second-order valence-electron chi connectivity index (χ2n) is 5.61. The number of carbonyl (C=O) groups is 1. The molecule has 116 valence electrons. The fourth-order valence-electron chi connectivity index (χ4n) is 2.48. The van der Waals surface area contributed by atoms with Crippen LogP contribution in [0.15, 0.2) is 17.4 Å². The first-order chi connectivity index (χ1) is 10.2. The van der Waals surface area contributed by atoms with Crippen LogP contribution in [0.5, 0.6) is 0 Å². The van der Waals surface area contributed by atoms with Gasteiger partial charge in [0.2, 0.25) is 0 Å². The largest absolute Gasteiger partial charge is 0.468 e. The number of ether oxygens (including phenoxy) is 1. The lowest BCUT2D eigenvalue weighted by Crippen LogP contribution is -2.20. The van der Waals surface area contributed by atoms with Crippen LogP contribution >= 0.6 is 11.8 Å². The van der Waals surface area contributed by atoms with Crippen molar-refractivity contribution < 1.29 is 9.53 Å². The molecule has 0 aliphatic heterocycles. The van der Waals surface area contributed by atoms with Gasteiger partial charge >= 0.3 is 5.97 Å². The van der Waals surface area contributed by atoms with Crippen LogP contribution in [-0.4, -0.2) is 35.3 Å². The number of aromatic nitrogens is 2. The Kier molecular flexibility index (Phi) is 6.29. The van der Waals surface area contributed by atoms with Crippen LogP contribution in [0.2, 0.25) is 0 Å². The molecule has 1 N–H and O–H groups in total. The van der Waals surface area contributed by atoms with Gasteiger partial charge in [0, 0.05) is 6.54 Å². The first-order valence-electron chi connectivity index (χ1n) is 7.43. The molecule has 2 rings (SSSR count). The molecule has 1 saturated carbocycles. The number of hydrogen-bond acceptors (Lipinski definition) is 6. The molecule has 0 saturated heterocycles. The van der Waals surface area contributed by atoms with Gasteiger partial charge in [-0.05, 0) is 24.7 Å². The summed E-state index contributed by atoms with van der Waals surface area (Å²) in [6.07, 6.45) is 8.63. The normalized spacial score (nSPS) is 21.8. The molecule has 1 fully saturated rings. The highest BCUT2D eigenvalue weighted by Crippen LogP contribution is 2.28. The summed E-state index contributed by atoms with van der Waals surface area (Å²) in [6.45, 7) is 3.28. The monoisotopic (exact) mass is 309 g/mol. The van der Waals surface area contributed by atoms with Gasteiger partial charge in [-0.15, -0.1) is 0 Å². The molecule has 0 spiro atoms. The zero-order chi connectivity index (χ0) is 15.1. The number of thioether (sulfide) groups is 1. The molecule has 0 aromatic carbocycles. The third-order valence-corrected chi connectivity index (χ3v) is 4.76. The average Bonchev–Trinajstić information content (AvgIpc) is 2.52. The maximum atomic E-state index is 11.1. The summed E-state index contributed by atoms with van der Waals surface area (Å²) in [6, 6.07) is 0. The van der Waals surface area contributed by atoms with E-state index in [1.807, 2.05) is 0 Å². The van der Waals surface area contributed by atoms with Crippen molar-refractivity contribution in [2.45, 2.75) is 37.6 Å². The third-order valence-electron chi connectivity index (χ3n) is 3.89. The minimum absolute atomic E-state index is 0.253. The molecule has 21 heavy (non-hydrogen) atoms. The fraction of sp³-hybridized carbons (Fsp3) is 0.667. The van der Waals surface area contributed by atoms with E-state index in [4.69, 9.17) is 0 Å². The number of anilines is 1. The summed E-state index contributed by atoms with van der Waals surface area (Å²) in [7, 11) is 1.39. The minimum atomic E-state index is -0.253. The Balaban J connectivity index is 1.79. The first kappa shape index (κ1) is 16.1. The van der Waals surface area contributed by atoms with Crippen molar-refractivity contribution in [3.05, 3.63) is 12.4 Å². The van der Waals surface area contributed by atoms with Gasteiger partial charge < -0.3 is 10.1 Å². The van der Waals surface area contributed by atoms with Crippen LogP contribution < -0.4 is 5.32 Å². The predicted molar refractivity (Wildman–Crippen MR) is 84.4 cm³/mol. The van der Waals surface area contributed by atoms with E-state index in [1.165, 1.54) is 44.6 Å². The van der Waals surface area contributed by atoms with E-state index in [9.17, 15) is 4.79 Å². The lowest BCUT2D eigenvalue weighted by Gasteiger charge is -2.26. The molecule has 6 heteroatoms. The number of methoxy groups -OCH3 is 1. The molecule has 1 aromatic heterocycles. The zero-order valence-corrected chi connectivity index (χ0v) is 13.5.